The Hall–Kier alpha value is -1.64. The number of rotatable bonds is 1. The molecule has 0 radical (unpaired) electrons. The van der Waals surface area contributed by atoms with Gasteiger partial charge >= 0.3 is 0 Å². The molecular weight excluding hydrogens is 164 g/mol. The van der Waals surface area contributed by atoms with Gasteiger partial charge in [0.25, 0.3) is 5.56 Å². The fourth-order valence-electron chi connectivity index (χ4n) is 1.31. The average Bonchev–Trinajstić information content (AvgIpc) is 2.20. The maximum atomic E-state index is 10.7. The Morgan fingerprint density at radius 2 is 2.23 bits per heavy atom. The molecule has 1 heterocycles. The van der Waals surface area contributed by atoms with E-state index in [0.717, 1.165) is 24.1 Å². The molecule has 13 heavy (non-hydrogen) atoms. The zero-order valence-corrected chi connectivity index (χ0v) is 7.16. The number of aromatic nitrogens is 2. The molecule has 1 aliphatic carbocycles. The molecule has 0 aliphatic heterocycles. The quantitative estimate of drug-likeness (QED) is 0.701. The minimum Gasteiger partial charge on any atom is -0.268 e. The van der Waals surface area contributed by atoms with Crippen molar-refractivity contribution in [3.05, 3.63) is 46.4 Å². The first-order valence-corrected chi connectivity index (χ1v) is 4.29. The predicted molar refractivity (Wildman–Crippen MR) is 51.2 cm³/mol. The third kappa shape index (κ3) is 1.75. The van der Waals surface area contributed by atoms with Crippen LogP contribution in [0.2, 0.25) is 0 Å². The molecule has 0 fully saturated rings. The molecule has 1 N–H and O–H groups in total. The SMILES string of the molecule is O=c1ccc(C2=CCCC=C2)n[nH]1. The van der Waals surface area contributed by atoms with E-state index in [1.165, 1.54) is 6.07 Å². The van der Waals surface area contributed by atoms with E-state index in [9.17, 15) is 4.79 Å². The molecular formula is C10H10N2O. The first-order chi connectivity index (χ1) is 6.36. The smallest absolute Gasteiger partial charge is 0.264 e. The minimum atomic E-state index is -0.163. The topological polar surface area (TPSA) is 45.8 Å². The maximum absolute atomic E-state index is 10.7. The van der Waals surface area contributed by atoms with E-state index in [1.54, 1.807) is 6.07 Å². The van der Waals surface area contributed by atoms with Crippen molar-refractivity contribution in [3.63, 3.8) is 0 Å². The van der Waals surface area contributed by atoms with Gasteiger partial charge in [-0.1, -0.05) is 18.2 Å². The summed E-state index contributed by atoms with van der Waals surface area (Å²) in [5.74, 6) is 0. The first kappa shape index (κ1) is 7.98. The highest BCUT2D eigenvalue weighted by molar-refractivity contribution is 5.71. The highest BCUT2D eigenvalue weighted by atomic mass is 16.1. The summed E-state index contributed by atoms with van der Waals surface area (Å²) in [5.41, 5.74) is 1.75. The molecule has 0 bridgehead atoms. The van der Waals surface area contributed by atoms with Gasteiger partial charge in [-0.15, -0.1) is 0 Å². The largest absolute Gasteiger partial charge is 0.268 e. The number of hydrogen-bond acceptors (Lipinski definition) is 2. The van der Waals surface area contributed by atoms with Crippen LogP contribution in [-0.2, 0) is 0 Å². The Bertz CT molecular complexity index is 395. The highest BCUT2D eigenvalue weighted by Gasteiger charge is 2.01. The third-order valence-corrected chi connectivity index (χ3v) is 1.97. The van der Waals surface area contributed by atoms with E-state index < -0.39 is 0 Å². The highest BCUT2D eigenvalue weighted by Crippen LogP contribution is 2.17. The number of allylic oxidation sites excluding steroid dienone is 4. The summed E-state index contributed by atoms with van der Waals surface area (Å²) in [6, 6.07) is 3.23. The molecule has 3 heteroatoms. The Kier molecular flexibility index (Phi) is 2.08. The van der Waals surface area contributed by atoms with Crippen LogP contribution < -0.4 is 5.56 Å². The van der Waals surface area contributed by atoms with Crippen LogP contribution in [-0.4, -0.2) is 10.2 Å². The second-order valence-electron chi connectivity index (χ2n) is 2.95. The molecule has 3 nitrogen and oxygen atoms in total. The van der Waals surface area contributed by atoms with Crippen molar-refractivity contribution in [1.29, 1.82) is 0 Å². The lowest BCUT2D eigenvalue weighted by molar-refractivity contribution is 0.964. The van der Waals surface area contributed by atoms with Gasteiger partial charge in [-0.3, -0.25) is 4.79 Å². The Labute approximate surface area is 75.8 Å². The molecule has 66 valence electrons. The number of hydrogen-bond donors (Lipinski definition) is 1. The molecule has 1 aromatic rings. The molecule has 0 aromatic carbocycles. The van der Waals surface area contributed by atoms with Crippen LogP contribution >= 0.6 is 0 Å². The van der Waals surface area contributed by atoms with Crippen molar-refractivity contribution in [2.24, 2.45) is 0 Å². The first-order valence-electron chi connectivity index (χ1n) is 4.29. The van der Waals surface area contributed by atoms with Crippen molar-refractivity contribution < 1.29 is 0 Å². The van der Waals surface area contributed by atoms with Gasteiger partial charge < -0.3 is 0 Å². The molecule has 2 rings (SSSR count). The summed E-state index contributed by atoms with van der Waals surface area (Å²) in [6.45, 7) is 0. The van der Waals surface area contributed by atoms with E-state index in [4.69, 9.17) is 0 Å². The number of H-pyrrole nitrogens is 1. The molecule has 1 aliphatic rings. The van der Waals surface area contributed by atoms with E-state index in [0.29, 0.717) is 0 Å². The van der Waals surface area contributed by atoms with Gasteiger partial charge in [0.1, 0.15) is 0 Å². The van der Waals surface area contributed by atoms with E-state index in [1.807, 2.05) is 6.08 Å². The molecule has 0 amide bonds. The molecule has 0 saturated heterocycles. The van der Waals surface area contributed by atoms with Crippen molar-refractivity contribution in [3.8, 4) is 0 Å². The third-order valence-electron chi connectivity index (χ3n) is 1.97. The van der Waals surface area contributed by atoms with E-state index in [2.05, 4.69) is 22.3 Å². The Morgan fingerprint density at radius 3 is 2.85 bits per heavy atom. The van der Waals surface area contributed by atoms with Crippen molar-refractivity contribution >= 4 is 5.57 Å². The van der Waals surface area contributed by atoms with Gasteiger partial charge in [-0.05, 0) is 24.5 Å². The lowest BCUT2D eigenvalue weighted by Crippen LogP contribution is -2.07. The predicted octanol–water partition coefficient (Wildman–Crippen LogP) is 1.50. The van der Waals surface area contributed by atoms with Crippen LogP contribution in [0.4, 0.5) is 0 Å². The van der Waals surface area contributed by atoms with Gasteiger partial charge in [0.2, 0.25) is 0 Å². The Morgan fingerprint density at radius 1 is 1.31 bits per heavy atom. The fourth-order valence-corrected chi connectivity index (χ4v) is 1.31. The van der Waals surface area contributed by atoms with Crippen LogP contribution in [0.25, 0.3) is 5.57 Å². The Balaban J connectivity index is 2.35. The van der Waals surface area contributed by atoms with Crippen molar-refractivity contribution in [2.45, 2.75) is 12.8 Å². The van der Waals surface area contributed by atoms with Gasteiger partial charge in [0.05, 0.1) is 5.69 Å². The van der Waals surface area contributed by atoms with Crippen LogP contribution in [0.5, 0.6) is 0 Å². The molecule has 0 spiro atoms. The van der Waals surface area contributed by atoms with Crippen molar-refractivity contribution in [2.75, 3.05) is 0 Å². The second kappa shape index (κ2) is 3.39. The van der Waals surface area contributed by atoms with E-state index >= 15 is 0 Å². The average molecular weight is 174 g/mol. The fraction of sp³-hybridized carbons (Fsp3) is 0.200. The van der Waals surface area contributed by atoms with E-state index in [-0.39, 0.29) is 5.56 Å². The summed E-state index contributed by atoms with van der Waals surface area (Å²) in [7, 11) is 0. The van der Waals surface area contributed by atoms with Gasteiger partial charge in [0.15, 0.2) is 0 Å². The van der Waals surface area contributed by atoms with Gasteiger partial charge in [-0.2, -0.15) is 5.10 Å². The summed E-state index contributed by atoms with van der Waals surface area (Å²) < 4.78 is 0. The summed E-state index contributed by atoms with van der Waals surface area (Å²) >= 11 is 0. The lowest BCUT2D eigenvalue weighted by atomic mass is 10.0. The van der Waals surface area contributed by atoms with Crippen LogP contribution in [0.15, 0.2) is 35.2 Å². The second-order valence-corrected chi connectivity index (χ2v) is 2.95. The van der Waals surface area contributed by atoms with Crippen LogP contribution in [0, 0.1) is 0 Å². The monoisotopic (exact) mass is 174 g/mol. The maximum Gasteiger partial charge on any atom is 0.264 e. The van der Waals surface area contributed by atoms with Crippen LogP contribution in [0.1, 0.15) is 18.5 Å². The molecule has 0 saturated carbocycles. The summed E-state index contributed by atoms with van der Waals surface area (Å²) in [6.07, 6.45) is 8.41. The normalized spacial score (nSPS) is 15.5. The molecule has 0 atom stereocenters. The minimum absolute atomic E-state index is 0.163. The van der Waals surface area contributed by atoms with Crippen LogP contribution in [0.3, 0.4) is 0 Å². The number of aromatic amines is 1. The van der Waals surface area contributed by atoms with Crippen molar-refractivity contribution in [1.82, 2.24) is 10.2 Å². The standard InChI is InChI=1S/C10H10N2O/c13-10-7-6-9(11-12-10)8-4-2-1-3-5-8/h2,4-7H,1,3H2,(H,12,13). The molecule has 1 aromatic heterocycles. The van der Waals surface area contributed by atoms with Gasteiger partial charge in [0, 0.05) is 6.07 Å². The number of nitrogens with one attached hydrogen (secondary N) is 1. The van der Waals surface area contributed by atoms with Gasteiger partial charge in [-0.25, -0.2) is 5.10 Å². The molecule has 0 unspecified atom stereocenters. The number of nitrogens with zero attached hydrogens (tertiary/aromatic N) is 1. The zero-order valence-electron chi connectivity index (χ0n) is 7.16. The summed E-state index contributed by atoms with van der Waals surface area (Å²) in [4.78, 5) is 10.7. The zero-order chi connectivity index (χ0) is 9.10. The summed E-state index contributed by atoms with van der Waals surface area (Å²) in [5, 5.41) is 6.36. The lowest BCUT2D eigenvalue weighted by Gasteiger charge is -2.04.